The van der Waals surface area contributed by atoms with Crippen LogP contribution in [0.3, 0.4) is 0 Å². The van der Waals surface area contributed by atoms with E-state index in [4.69, 9.17) is 14.2 Å². The Morgan fingerprint density at radius 3 is 0.541 bits per heavy atom. The lowest BCUT2D eigenvalue weighted by atomic mass is 10.0. The lowest BCUT2D eigenvalue weighted by Gasteiger charge is -2.18. The van der Waals surface area contributed by atoms with Gasteiger partial charge in [-0.2, -0.15) is 0 Å². The first kappa shape index (κ1) is 72.4. The van der Waals surface area contributed by atoms with Crippen molar-refractivity contribution in [2.45, 2.75) is 406 Å². The first-order valence-corrected chi connectivity index (χ1v) is 34.0. The van der Waals surface area contributed by atoms with E-state index in [1.54, 1.807) is 0 Å². The van der Waals surface area contributed by atoms with Crippen LogP contribution in [-0.2, 0) is 28.6 Å². The fourth-order valence-corrected chi connectivity index (χ4v) is 10.7. The summed E-state index contributed by atoms with van der Waals surface area (Å²) in [4.78, 5) is 38.0. The number of carbonyl (C=O) groups is 3. The Labute approximate surface area is 463 Å². The van der Waals surface area contributed by atoms with Gasteiger partial charge in [0.2, 0.25) is 0 Å². The summed E-state index contributed by atoms with van der Waals surface area (Å²) < 4.78 is 16.8. The van der Waals surface area contributed by atoms with Crippen LogP contribution in [0.4, 0.5) is 0 Å². The maximum atomic E-state index is 12.8. The molecular weight excluding hydrogens is 913 g/mol. The van der Waals surface area contributed by atoms with Crippen molar-refractivity contribution in [2.75, 3.05) is 13.2 Å². The van der Waals surface area contributed by atoms with E-state index in [1.807, 2.05) is 0 Å². The molecule has 0 aliphatic rings. The molecule has 6 nitrogen and oxygen atoms in total. The Balaban J connectivity index is 3.86. The van der Waals surface area contributed by atoms with Gasteiger partial charge in [-0.25, -0.2) is 0 Å². The van der Waals surface area contributed by atoms with Gasteiger partial charge >= 0.3 is 17.9 Å². The van der Waals surface area contributed by atoms with Crippen LogP contribution in [-0.4, -0.2) is 37.2 Å². The smallest absolute Gasteiger partial charge is 0.306 e. The topological polar surface area (TPSA) is 78.9 Å². The zero-order chi connectivity index (χ0) is 53.6. The maximum Gasteiger partial charge on any atom is 0.306 e. The Bertz CT molecular complexity index is 1110. The van der Waals surface area contributed by atoms with Gasteiger partial charge in [0.05, 0.1) is 0 Å². The Morgan fingerprint density at radius 2 is 0.365 bits per heavy atom. The van der Waals surface area contributed by atoms with Crippen LogP contribution in [0.5, 0.6) is 0 Å². The average Bonchev–Trinajstić information content (AvgIpc) is 3.40. The molecule has 0 aromatic carbocycles. The predicted octanol–water partition coefficient (Wildman–Crippen LogP) is 23.1. The van der Waals surface area contributed by atoms with Crippen molar-refractivity contribution >= 4 is 17.9 Å². The molecule has 0 spiro atoms. The van der Waals surface area contributed by atoms with Gasteiger partial charge in [0.15, 0.2) is 6.10 Å². The summed E-state index contributed by atoms with van der Waals surface area (Å²) >= 11 is 0. The van der Waals surface area contributed by atoms with E-state index in [2.05, 4.69) is 20.8 Å². The summed E-state index contributed by atoms with van der Waals surface area (Å²) in [5.74, 6) is -0.838. The molecule has 0 saturated carbocycles. The molecule has 1 unspecified atom stereocenters. The summed E-state index contributed by atoms with van der Waals surface area (Å²) in [5.41, 5.74) is 0. The van der Waals surface area contributed by atoms with Crippen molar-refractivity contribution in [3.63, 3.8) is 0 Å². The van der Waals surface area contributed by atoms with E-state index in [1.165, 1.54) is 302 Å². The zero-order valence-electron chi connectivity index (χ0n) is 50.7. The second-order valence-corrected chi connectivity index (χ2v) is 23.5. The van der Waals surface area contributed by atoms with E-state index < -0.39 is 6.10 Å². The molecule has 0 amide bonds. The van der Waals surface area contributed by atoms with Crippen LogP contribution < -0.4 is 0 Å². The van der Waals surface area contributed by atoms with E-state index in [0.717, 1.165) is 57.8 Å². The second kappa shape index (κ2) is 63.9. The van der Waals surface area contributed by atoms with Gasteiger partial charge in [-0.05, 0) is 19.3 Å². The zero-order valence-corrected chi connectivity index (χ0v) is 50.7. The Morgan fingerprint density at radius 1 is 0.216 bits per heavy atom. The standard InChI is InChI=1S/C68H132O6/c1-4-7-10-13-16-19-21-23-24-25-26-27-28-29-30-31-32-33-34-35-36-37-38-39-40-41-42-43-44-46-47-49-52-55-58-61-67(70)73-64-65(63-72-66(69)60-57-54-51-18-15-12-9-6-3)74-68(71)62-59-56-53-50-48-45-22-20-17-14-11-8-5-2/h65H,4-64H2,1-3H3. The molecule has 0 saturated heterocycles. The maximum absolute atomic E-state index is 12.8. The summed E-state index contributed by atoms with van der Waals surface area (Å²) in [5, 5.41) is 0. The Hall–Kier alpha value is -1.59. The molecule has 6 heteroatoms. The lowest BCUT2D eigenvalue weighted by Crippen LogP contribution is -2.30. The third-order valence-corrected chi connectivity index (χ3v) is 15.9. The average molecular weight is 1050 g/mol. The predicted molar refractivity (Wildman–Crippen MR) is 321 cm³/mol. The number of hydrogen-bond donors (Lipinski definition) is 0. The molecule has 0 N–H and O–H groups in total. The highest BCUT2D eigenvalue weighted by Crippen LogP contribution is 2.19. The van der Waals surface area contributed by atoms with Crippen molar-refractivity contribution in [3.05, 3.63) is 0 Å². The van der Waals surface area contributed by atoms with Crippen molar-refractivity contribution in [1.29, 1.82) is 0 Å². The highest BCUT2D eigenvalue weighted by Gasteiger charge is 2.19. The SMILES string of the molecule is CCCCCCCCCCCCCCCCCCCCCCCCCCCCCCCCCCCCCC(=O)OCC(COC(=O)CCCCCCCCCC)OC(=O)CCCCCCCCCCCCCCC. The van der Waals surface area contributed by atoms with Crippen LogP contribution in [0.25, 0.3) is 0 Å². The fraction of sp³-hybridized carbons (Fsp3) is 0.956. The van der Waals surface area contributed by atoms with E-state index >= 15 is 0 Å². The van der Waals surface area contributed by atoms with Gasteiger partial charge in [0.1, 0.15) is 13.2 Å². The summed E-state index contributed by atoms with van der Waals surface area (Å²) in [6, 6.07) is 0. The van der Waals surface area contributed by atoms with E-state index in [9.17, 15) is 14.4 Å². The highest BCUT2D eigenvalue weighted by molar-refractivity contribution is 5.71. The molecule has 0 aromatic rings. The van der Waals surface area contributed by atoms with Gasteiger partial charge < -0.3 is 14.2 Å². The van der Waals surface area contributed by atoms with Crippen LogP contribution in [0.1, 0.15) is 400 Å². The molecule has 0 rings (SSSR count). The van der Waals surface area contributed by atoms with Gasteiger partial charge in [-0.1, -0.05) is 361 Å². The number of esters is 3. The monoisotopic (exact) mass is 1050 g/mol. The van der Waals surface area contributed by atoms with Crippen molar-refractivity contribution in [1.82, 2.24) is 0 Å². The van der Waals surface area contributed by atoms with Crippen LogP contribution in [0.2, 0.25) is 0 Å². The quantitative estimate of drug-likeness (QED) is 0.0343. The summed E-state index contributed by atoms with van der Waals surface area (Å²) in [6.45, 7) is 6.68. The summed E-state index contributed by atoms with van der Waals surface area (Å²) in [6.07, 6.45) is 74.6. The van der Waals surface area contributed by atoms with Crippen LogP contribution in [0.15, 0.2) is 0 Å². The molecular formula is C68H132O6. The third-order valence-electron chi connectivity index (χ3n) is 15.9. The number of carbonyl (C=O) groups excluding carboxylic acids is 3. The van der Waals surface area contributed by atoms with Crippen molar-refractivity contribution < 1.29 is 28.6 Å². The molecule has 0 fully saturated rings. The number of unbranched alkanes of at least 4 members (excludes halogenated alkanes) is 53. The van der Waals surface area contributed by atoms with Gasteiger partial charge in [0.25, 0.3) is 0 Å². The number of rotatable bonds is 64. The lowest BCUT2D eigenvalue weighted by molar-refractivity contribution is -0.167. The minimum absolute atomic E-state index is 0.0616. The number of hydrogen-bond acceptors (Lipinski definition) is 6. The summed E-state index contributed by atoms with van der Waals surface area (Å²) in [7, 11) is 0. The minimum atomic E-state index is -0.760. The molecule has 0 aromatic heterocycles. The highest BCUT2D eigenvalue weighted by atomic mass is 16.6. The van der Waals surface area contributed by atoms with E-state index in [-0.39, 0.29) is 31.1 Å². The van der Waals surface area contributed by atoms with Crippen LogP contribution in [0, 0.1) is 0 Å². The van der Waals surface area contributed by atoms with Gasteiger partial charge in [-0.15, -0.1) is 0 Å². The normalized spacial score (nSPS) is 11.9. The molecule has 74 heavy (non-hydrogen) atoms. The molecule has 0 bridgehead atoms. The Kier molecular flexibility index (Phi) is 62.6. The molecule has 0 radical (unpaired) electrons. The van der Waals surface area contributed by atoms with Crippen molar-refractivity contribution in [2.24, 2.45) is 0 Å². The fourth-order valence-electron chi connectivity index (χ4n) is 10.7. The molecule has 1 atom stereocenters. The minimum Gasteiger partial charge on any atom is -0.462 e. The largest absolute Gasteiger partial charge is 0.462 e. The van der Waals surface area contributed by atoms with E-state index in [0.29, 0.717) is 19.3 Å². The first-order valence-electron chi connectivity index (χ1n) is 34.0. The third kappa shape index (κ3) is 61.3. The molecule has 0 aliphatic carbocycles. The number of ether oxygens (including phenoxy) is 3. The molecule has 0 heterocycles. The molecule has 0 aliphatic heterocycles. The van der Waals surface area contributed by atoms with Crippen LogP contribution >= 0.6 is 0 Å². The van der Waals surface area contributed by atoms with Crippen molar-refractivity contribution in [3.8, 4) is 0 Å². The second-order valence-electron chi connectivity index (χ2n) is 23.5. The first-order chi connectivity index (χ1) is 36.5. The van der Waals surface area contributed by atoms with Gasteiger partial charge in [-0.3, -0.25) is 14.4 Å². The van der Waals surface area contributed by atoms with Gasteiger partial charge in [0, 0.05) is 19.3 Å². The molecule has 440 valence electrons.